The van der Waals surface area contributed by atoms with Crippen molar-refractivity contribution in [1.29, 1.82) is 0 Å². The average Bonchev–Trinajstić information content (AvgIpc) is 3.79. The molecule has 2 heterocycles. The number of fused-ring (bicyclic) bond motifs is 9. The standard InChI is InChI=1S/C64H61BN2/c1-8-9-11-20-40-29-31-42(32-30-40)66-56-28-19-17-26-46(56)49-35-48(44-24-15-14-23-43(44)41-21-12-10-13-22-41)59-50-36-53-54(63(4,5)34-33-62(53,2)3)39-57(50)67-58-37-47-45-25-16-18-27-51(45)64(6,7)52(47)38-55(58)65-60(49)61(59)67/h10,12-19,21-32,35-39,65-66H,8-9,11,20,33-34H2,1-7H3. The summed E-state index contributed by atoms with van der Waals surface area (Å²) in [5.74, 6) is 0. The Morgan fingerprint density at radius 3 is 1.94 bits per heavy atom. The number of aryl methyl sites for hydroxylation is 1. The van der Waals surface area contributed by atoms with Gasteiger partial charge in [-0.15, -0.1) is 0 Å². The second-order valence-electron chi connectivity index (χ2n) is 21.8. The number of rotatable bonds is 9. The van der Waals surface area contributed by atoms with E-state index in [1.54, 1.807) is 0 Å². The second-order valence-corrected chi connectivity index (χ2v) is 21.8. The van der Waals surface area contributed by atoms with Gasteiger partial charge in [-0.3, -0.25) is 0 Å². The lowest BCUT2D eigenvalue weighted by molar-refractivity contribution is 0.332. The molecule has 3 aliphatic rings. The molecule has 1 aromatic heterocycles. The molecule has 330 valence electrons. The van der Waals surface area contributed by atoms with Gasteiger partial charge in [0.05, 0.1) is 5.52 Å². The number of nitrogens with zero attached hydrogens (tertiary/aromatic N) is 1. The average molecular weight is 869 g/mol. The smallest absolute Gasteiger partial charge is 0.198 e. The Balaban J connectivity index is 1.19. The van der Waals surface area contributed by atoms with Crippen molar-refractivity contribution < 1.29 is 0 Å². The highest BCUT2D eigenvalue weighted by atomic mass is 15.0. The van der Waals surface area contributed by atoms with Crippen molar-refractivity contribution in [3.05, 3.63) is 186 Å². The van der Waals surface area contributed by atoms with Crippen molar-refractivity contribution in [1.82, 2.24) is 4.57 Å². The molecule has 8 aromatic carbocycles. The molecule has 0 fully saturated rings. The normalized spacial score (nSPS) is 15.7. The van der Waals surface area contributed by atoms with Crippen LogP contribution in [0.25, 0.3) is 72.0 Å². The highest BCUT2D eigenvalue weighted by Gasteiger charge is 2.41. The Morgan fingerprint density at radius 1 is 0.537 bits per heavy atom. The Bertz CT molecular complexity index is 3440. The van der Waals surface area contributed by atoms with E-state index in [2.05, 4.69) is 216 Å². The van der Waals surface area contributed by atoms with Crippen molar-refractivity contribution in [3.63, 3.8) is 0 Å². The Morgan fingerprint density at radius 2 is 1.19 bits per heavy atom. The van der Waals surface area contributed by atoms with E-state index in [0.717, 1.165) is 25.1 Å². The molecule has 2 aliphatic carbocycles. The molecule has 9 aromatic rings. The number of unbranched alkanes of at least 4 members (excludes halogenated alkanes) is 2. The van der Waals surface area contributed by atoms with Crippen LogP contribution in [-0.2, 0) is 22.7 Å². The van der Waals surface area contributed by atoms with Crippen LogP contribution in [0.1, 0.15) is 108 Å². The molecule has 0 radical (unpaired) electrons. The summed E-state index contributed by atoms with van der Waals surface area (Å²) in [6, 6.07) is 60.5. The molecule has 1 N–H and O–H groups in total. The molecule has 0 saturated carbocycles. The first kappa shape index (κ1) is 41.8. The molecule has 0 saturated heterocycles. The Kier molecular flexibility index (Phi) is 9.67. The minimum absolute atomic E-state index is 0.0588. The summed E-state index contributed by atoms with van der Waals surface area (Å²) in [4.78, 5) is 0. The van der Waals surface area contributed by atoms with Crippen LogP contribution in [0.4, 0.5) is 11.4 Å². The van der Waals surface area contributed by atoms with Gasteiger partial charge in [0.25, 0.3) is 0 Å². The zero-order valence-electron chi connectivity index (χ0n) is 40.4. The summed E-state index contributed by atoms with van der Waals surface area (Å²) in [5, 5.41) is 6.65. The SMILES string of the molecule is CCCCCc1ccc(Nc2ccccc2-c2cc(-c3ccccc3-c3ccccc3)c3c4cc5c(cc4n4c3c2Bc2cc3c(cc2-4)-c2ccccc2C3(C)C)C(C)(C)CCC5(C)C)cc1. The Labute approximate surface area is 398 Å². The van der Waals surface area contributed by atoms with Crippen molar-refractivity contribution >= 4 is 51.4 Å². The van der Waals surface area contributed by atoms with Crippen LogP contribution in [0.15, 0.2) is 158 Å². The highest BCUT2D eigenvalue weighted by molar-refractivity contribution is 6.73. The van der Waals surface area contributed by atoms with E-state index in [1.165, 1.54) is 143 Å². The fraction of sp³-hybridized carbons (Fsp3) is 0.250. The number of hydrogen-bond acceptors (Lipinski definition) is 1. The fourth-order valence-corrected chi connectivity index (χ4v) is 12.4. The van der Waals surface area contributed by atoms with Crippen molar-refractivity contribution in [3.8, 4) is 50.2 Å². The van der Waals surface area contributed by atoms with E-state index >= 15 is 0 Å². The maximum absolute atomic E-state index is 3.94. The molecule has 12 rings (SSSR count). The summed E-state index contributed by atoms with van der Waals surface area (Å²) < 4.78 is 2.72. The summed E-state index contributed by atoms with van der Waals surface area (Å²) in [6.07, 6.45) is 7.22. The number of benzene rings is 8. The third kappa shape index (κ3) is 6.59. The molecule has 0 unspecified atom stereocenters. The van der Waals surface area contributed by atoms with Crippen LogP contribution >= 0.6 is 0 Å². The van der Waals surface area contributed by atoms with Gasteiger partial charge >= 0.3 is 0 Å². The molecular weight excluding hydrogens is 808 g/mol. The van der Waals surface area contributed by atoms with Gasteiger partial charge in [0.15, 0.2) is 7.28 Å². The molecule has 2 nitrogen and oxygen atoms in total. The molecule has 0 atom stereocenters. The molecular formula is C64H61BN2. The Hall–Kier alpha value is -6.58. The summed E-state index contributed by atoms with van der Waals surface area (Å²) in [5.41, 5.74) is 26.5. The quantitative estimate of drug-likeness (QED) is 0.113. The van der Waals surface area contributed by atoms with Crippen LogP contribution in [0, 0.1) is 0 Å². The number of para-hydroxylation sites is 1. The van der Waals surface area contributed by atoms with E-state index in [0.29, 0.717) is 0 Å². The third-order valence-corrected chi connectivity index (χ3v) is 16.3. The van der Waals surface area contributed by atoms with Crippen LogP contribution in [-0.4, -0.2) is 11.8 Å². The van der Waals surface area contributed by atoms with Gasteiger partial charge in [-0.05, 0) is 151 Å². The second kappa shape index (κ2) is 15.5. The number of nitrogens with one attached hydrogen (secondary N) is 1. The van der Waals surface area contributed by atoms with Gasteiger partial charge in [0, 0.05) is 44.3 Å². The molecule has 0 spiro atoms. The van der Waals surface area contributed by atoms with Gasteiger partial charge in [-0.2, -0.15) is 0 Å². The lowest BCUT2D eigenvalue weighted by Crippen LogP contribution is -2.38. The molecule has 3 heteroatoms. The first-order chi connectivity index (χ1) is 32.4. The van der Waals surface area contributed by atoms with Gasteiger partial charge in [-0.1, -0.05) is 182 Å². The first-order valence-corrected chi connectivity index (χ1v) is 25.0. The number of hydrogen-bond donors (Lipinski definition) is 1. The zero-order chi connectivity index (χ0) is 45.8. The summed E-state index contributed by atoms with van der Waals surface area (Å²) in [6.45, 7) is 17.0. The lowest BCUT2D eigenvalue weighted by atomic mass is 9.58. The summed E-state index contributed by atoms with van der Waals surface area (Å²) >= 11 is 0. The van der Waals surface area contributed by atoms with Crippen LogP contribution in [0.3, 0.4) is 0 Å². The predicted octanol–water partition coefficient (Wildman–Crippen LogP) is 15.6. The summed E-state index contributed by atoms with van der Waals surface area (Å²) in [7, 11) is 0.843. The molecule has 1 aliphatic heterocycles. The van der Waals surface area contributed by atoms with Crippen molar-refractivity contribution in [2.45, 2.75) is 103 Å². The molecule has 0 bridgehead atoms. The van der Waals surface area contributed by atoms with E-state index in [9.17, 15) is 0 Å². The largest absolute Gasteiger partial charge is 0.355 e. The molecule has 0 amide bonds. The van der Waals surface area contributed by atoms with Crippen LogP contribution < -0.4 is 16.2 Å². The van der Waals surface area contributed by atoms with E-state index < -0.39 is 0 Å². The van der Waals surface area contributed by atoms with Gasteiger partial charge in [0.1, 0.15) is 0 Å². The van der Waals surface area contributed by atoms with Crippen molar-refractivity contribution in [2.75, 3.05) is 5.32 Å². The van der Waals surface area contributed by atoms with Crippen LogP contribution in [0.2, 0.25) is 0 Å². The highest BCUT2D eigenvalue weighted by Crippen LogP contribution is 2.53. The predicted molar refractivity (Wildman–Crippen MR) is 289 cm³/mol. The monoisotopic (exact) mass is 868 g/mol. The van der Waals surface area contributed by atoms with E-state index in [-0.39, 0.29) is 16.2 Å². The maximum Gasteiger partial charge on any atom is 0.198 e. The minimum Gasteiger partial charge on any atom is -0.355 e. The maximum atomic E-state index is 3.94. The van der Waals surface area contributed by atoms with Crippen molar-refractivity contribution in [2.24, 2.45) is 0 Å². The van der Waals surface area contributed by atoms with Gasteiger partial charge < -0.3 is 9.88 Å². The lowest BCUT2D eigenvalue weighted by Gasteiger charge is -2.42. The minimum atomic E-state index is -0.0973. The van der Waals surface area contributed by atoms with Gasteiger partial charge in [0.2, 0.25) is 0 Å². The third-order valence-electron chi connectivity index (χ3n) is 16.3. The van der Waals surface area contributed by atoms with Crippen LogP contribution in [0.5, 0.6) is 0 Å². The first-order valence-electron chi connectivity index (χ1n) is 25.0. The van der Waals surface area contributed by atoms with Gasteiger partial charge in [-0.25, -0.2) is 0 Å². The topological polar surface area (TPSA) is 17.0 Å². The number of anilines is 2. The fourth-order valence-electron chi connectivity index (χ4n) is 12.4. The molecule has 67 heavy (non-hydrogen) atoms. The van der Waals surface area contributed by atoms with E-state index in [1.807, 2.05) is 0 Å². The number of aromatic nitrogens is 1. The zero-order valence-corrected chi connectivity index (χ0v) is 40.4. The van der Waals surface area contributed by atoms with E-state index in [4.69, 9.17) is 0 Å².